The van der Waals surface area contributed by atoms with Gasteiger partial charge in [-0.2, -0.15) is 0 Å². The lowest BCUT2D eigenvalue weighted by Gasteiger charge is -2.46. The van der Waals surface area contributed by atoms with Gasteiger partial charge in [0, 0.05) is 36.9 Å². The highest BCUT2D eigenvalue weighted by Gasteiger charge is 2.48. The van der Waals surface area contributed by atoms with Crippen molar-refractivity contribution < 1.29 is 9.59 Å². The molecule has 6 heteroatoms. The largest absolute Gasteiger partial charge is 0.337 e. The minimum Gasteiger partial charge on any atom is -0.337 e. The standard InChI is InChI=1S/C24H24N4O2/c1-26-15-22(29)28(20-8-3-2-4-9-20)17-24(26)11-12-27(16-24)23(30)19-13-18-7-5-6-10-21(18)25-14-19/h2-10,13-14H,11-12,15-17H2,1H3/t24-/m0/s1. The number of carbonyl (C=O) groups is 2. The van der Waals surface area contributed by atoms with E-state index < -0.39 is 0 Å². The van der Waals surface area contributed by atoms with Gasteiger partial charge < -0.3 is 9.80 Å². The zero-order valence-electron chi connectivity index (χ0n) is 17.0. The molecule has 5 rings (SSSR count). The maximum Gasteiger partial charge on any atom is 0.255 e. The average Bonchev–Trinajstić information content (AvgIpc) is 3.21. The van der Waals surface area contributed by atoms with Crippen LogP contribution in [0, 0.1) is 0 Å². The zero-order chi connectivity index (χ0) is 20.7. The van der Waals surface area contributed by atoms with Crippen molar-refractivity contribution >= 4 is 28.4 Å². The molecule has 0 radical (unpaired) electrons. The molecule has 1 atom stereocenters. The minimum atomic E-state index is -0.232. The van der Waals surface area contributed by atoms with E-state index in [4.69, 9.17) is 0 Å². The number of aromatic nitrogens is 1. The molecule has 0 saturated carbocycles. The Morgan fingerprint density at radius 3 is 2.63 bits per heavy atom. The fourth-order valence-electron chi connectivity index (χ4n) is 4.64. The van der Waals surface area contributed by atoms with E-state index in [9.17, 15) is 9.59 Å². The predicted octanol–water partition coefficient (Wildman–Crippen LogP) is 2.80. The molecule has 2 amide bonds. The van der Waals surface area contributed by atoms with Crippen LogP contribution in [0.3, 0.4) is 0 Å². The molecule has 2 aliphatic heterocycles. The number of piperazine rings is 1. The number of likely N-dealkylation sites (N-methyl/N-ethyl adjacent to an activating group) is 1. The number of nitrogens with zero attached hydrogens (tertiary/aromatic N) is 4. The van der Waals surface area contributed by atoms with E-state index in [-0.39, 0.29) is 17.4 Å². The molecule has 0 aliphatic carbocycles. The minimum absolute atomic E-state index is 0.00156. The molecule has 2 aliphatic rings. The number of para-hydroxylation sites is 2. The number of anilines is 1. The summed E-state index contributed by atoms with van der Waals surface area (Å²) in [7, 11) is 1.99. The predicted molar refractivity (Wildman–Crippen MR) is 116 cm³/mol. The van der Waals surface area contributed by atoms with Crippen LogP contribution in [0.25, 0.3) is 10.9 Å². The van der Waals surface area contributed by atoms with Crippen LogP contribution in [0.4, 0.5) is 5.69 Å². The third-order valence-electron chi connectivity index (χ3n) is 6.46. The van der Waals surface area contributed by atoms with Crippen LogP contribution in [0.1, 0.15) is 16.8 Å². The summed E-state index contributed by atoms with van der Waals surface area (Å²) in [5.41, 5.74) is 2.18. The highest BCUT2D eigenvalue weighted by molar-refractivity contribution is 5.98. The Bertz CT molecular complexity index is 1120. The molecule has 0 N–H and O–H groups in total. The van der Waals surface area contributed by atoms with Crippen molar-refractivity contribution in [2.24, 2.45) is 0 Å². The smallest absolute Gasteiger partial charge is 0.255 e. The van der Waals surface area contributed by atoms with Crippen LogP contribution in [-0.4, -0.2) is 65.4 Å². The maximum absolute atomic E-state index is 13.2. The summed E-state index contributed by atoms with van der Waals surface area (Å²) < 4.78 is 0. The van der Waals surface area contributed by atoms with Crippen molar-refractivity contribution in [1.82, 2.24) is 14.8 Å². The Hall–Kier alpha value is -3.25. The molecule has 3 heterocycles. The van der Waals surface area contributed by atoms with Gasteiger partial charge in [-0.25, -0.2) is 0 Å². The van der Waals surface area contributed by atoms with E-state index in [1.165, 1.54) is 0 Å². The zero-order valence-corrected chi connectivity index (χ0v) is 17.0. The third-order valence-corrected chi connectivity index (χ3v) is 6.46. The van der Waals surface area contributed by atoms with Gasteiger partial charge in [-0.1, -0.05) is 36.4 Å². The van der Waals surface area contributed by atoms with Crippen LogP contribution in [0.15, 0.2) is 66.9 Å². The van der Waals surface area contributed by atoms with E-state index in [0.717, 1.165) is 23.0 Å². The lowest BCUT2D eigenvalue weighted by Crippen LogP contribution is -2.64. The molecular weight excluding hydrogens is 376 g/mol. The highest BCUT2D eigenvalue weighted by atomic mass is 16.2. The summed E-state index contributed by atoms with van der Waals surface area (Å²) in [6.45, 7) is 2.22. The number of carbonyl (C=O) groups excluding carboxylic acids is 2. The first-order chi connectivity index (χ1) is 14.6. The maximum atomic E-state index is 13.2. The number of likely N-dealkylation sites (tertiary alicyclic amines) is 1. The van der Waals surface area contributed by atoms with Crippen molar-refractivity contribution in [1.29, 1.82) is 0 Å². The second kappa shape index (κ2) is 7.22. The number of amides is 2. The van der Waals surface area contributed by atoms with Gasteiger partial charge in [-0.15, -0.1) is 0 Å². The number of benzene rings is 2. The van der Waals surface area contributed by atoms with Gasteiger partial charge in [0.05, 0.1) is 23.2 Å². The van der Waals surface area contributed by atoms with Gasteiger partial charge in [0.15, 0.2) is 0 Å². The van der Waals surface area contributed by atoms with Crippen molar-refractivity contribution in [3.63, 3.8) is 0 Å². The summed E-state index contributed by atoms with van der Waals surface area (Å²) >= 11 is 0. The van der Waals surface area contributed by atoms with Gasteiger partial charge in [-0.3, -0.25) is 19.5 Å². The summed E-state index contributed by atoms with van der Waals surface area (Å²) in [4.78, 5) is 36.3. The normalized spacial score (nSPS) is 22.2. The van der Waals surface area contributed by atoms with E-state index in [1.54, 1.807) is 6.20 Å². The van der Waals surface area contributed by atoms with Gasteiger partial charge >= 0.3 is 0 Å². The summed E-state index contributed by atoms with van der Waals surface area (Å²) in [6.07, 6.45) is 2.51. The Balaban J connectivity index is 1.39. The second-order valence-corrected chi connectivity index (χ2v) is 8.29. The SMILES string of the molecule is CN1CC(=O)N(c2ccccc2)C[C@@]12CCN(C(=O)c1cnc3ccccc3c1)C2. The van der Waals surface area contributed by atoms with Crippen LogP contribution in [0.5, 0.6) is 0 Å². The lowest BCUT2D eigenvalue weighted by atomic mass is 9.92. The topological polar surface area (TPSA) is 56.8 Å². The summed E-state index contributed by atoms with van der Waals surface area (Å²) in [5.74, 6) is 0.0968. The molecular formula is C24H24N4O2. The Kier molecular flexibility index (Phi) is 4.51. The molecule has 3 aromatic rings. The third kappa shape index (κ3) is 3.13. The number of pyridine rings is 1. The van der Waals surface area contributed by atoms with Gasteiger partial charge in [0.25, 0.3) is 5.91 Å². The number of hydrogen-bond acceptors (Lipinski definition) is 4. The van der Waals surface area contributed by atoms with Crippen LogP contribution >= 0.6 is 0 Å². The molecule has 0 unspecified atom stereocenters. The number of hydrogen-bond donors (Lipinski definition) is 0. The fourth-order valence-corrected chi connectivity index (χ4v) is 4.64. The average molecular weight is 400 g/mol. The molecule has 6 nitrogen and oxygen atoms in total. The first kappa shape index (κ1) is 18.8. The highest BCUT2D eigenvalue weighted by Crippen LogP contribution is 2.34. The molecule has 30 heavy (non-hydrogen) atoms. The van der Waals surface area contributed by atoms with E-state index in [0.29, 0.717) is 31.7 Å². The molecule has 2 fully saturated rings. The van der Waals surface area contributed by atoms with Gasteiger partial charge in [-0.05, 0) is 37.7 Å². The molecule has 1 spiro atoms. The quantitative estimate of drug-likeness (QED) is 0.664. The Morgan fingerprint density at radius 1 is 1.03 bits per heavy atom. The first-order valence-corrected chi connectivity index (χ1v) is 10.3. The fraction of sp³-hybridized carbons (Fsp3) is 0.292. The second-order valence-electron chi connectivity index (χ2n) is 8.29. The van der Waals surface area contributed by atoms with Crippen molar-refractivity contribution in [2.75, 3.05) is 38.1 Å². The molecule has 2 aromatic carbocycles. The van der Waals surface area contributed by atoms with E-state index in [1.807, 2.05) is 77.5 Å². The molecule has 0 bridgehead atoms. The van der Waals surface area contributed by atoms with Crippen LogP contribution < -0.4 is 4.90 Å². The lowest BCUT2D eigenvalue weighted by molar-refractivity contribution is -0.123. The number of fused-ring (bicyclic) bond motifs is 1. The van der Waals surface area contributed by atoms with E-state index in [2.05, 4.69) is 9.88 Å². The van der Waals surface area contributed by atoms with E-state index >= 15 is 0 Å². The van der Waals surface area contributed by atoms with Crippen LogP contribution in [-0.2, 0) is 4.79 Å². The van der Waals surface area contributed by atoms with Crippen molar-refractivity contribution in [3.05, 3.63) is 72.4 Å². The van der Waals surface area contributed by atoms with Gasteiger partial charge in [0.1, 0.15) is 0 Å². The molecule has 1 aromatic heterocycles. The monoisotopic (exact) mass is 400 g/mol. The summed E-state index contributed by atoms with van der Waals surface area (Å²) in [6, 6.07) is 19.5. The first-order valence-electron chi connectivity index (χ1n) is 10.3. The number of rotatable bonds is 2. The summed E-state index contributed by atoms with van der Waals surface area (Å²) in [5, 5.41) is 0.966. The Labute approximate surface area is 175 Å². The van der Waals surface area contributed by atoms with Crippen LogP contribution in [0.2, 0.25) is 0 Å². The van der Waals surface area contributed by atoms with Crippen molar-refractivity contribution in [2.45, 2.75) is 12.0 Å². The Morgan fingerprint density at radius 2 is 1.80 bits per heavy atom. The van der Waals surface area contributed by atoms with Crippen molar-refractivity contribution in [3.8, 4) is 0 Å². The molecule has 2 saturated heterocycles. The van der Waals surface area contributed by atoms with Gasteiger partial charge in [0.2, 0.25) is 5.91 Å². The molecule has 152 valence electrons.